The van der Waals surface area contributed by atoms with Crippen LogP contribution in [-0.4, -0.2) is 29.1 Å². The van der Waals surface area contributed by atoms with E-state index in [1.807, 2.05) is 0 Å². The van der Waals surface area contributed by atoms with Crippen LogP contribution in [0.3, 0.4) is 0 Å². The van der Waals surface area contributed by atoms with Crippen LogP contribution >= 0.6 is 0 Å². The number of aliphatic hydroxyl groups is 1. The van der Waals surface area contributed by atoms with Crippen LogP contribution in [0.2, 0.25) is 0 Å². The van der Waals surface area contributed by atoms with E-state index in [2.05, 4.69) is 0 Å². The molecule has 0 heterocycles. The monoisotopic (exact) mass is 228 g/mol. The van der Waals surface area contributed by atoms with Crippen LogP contribution < -0.4 is 0 Å². The van der Waals surface area contributed by atoms with Gasteiger partial charge in [0.15, 0.2) is 5.78 Å². The number of hydrogen-bond donors (Lipinski definition) is 1. The third-order valence-electron chi connectivity index (χ3n) is 1.76. The molecule has 0 amide bonds. The van der Waals surface area contributed by atoms with Crippen molar-refractivity contribution in [1.29, 1.82) is 0 Å². The summed E-state index contributed by atoms with van der Waals surface area (Å²) >= 11 is 0. The van der Waals surface area contributed by atoms with E-state index < -0.39 is 17.5 Å². The molecule has 1 N–H and O–H groups in total. The van der Waals surface area contributed by atoms with Crippen LogP contribution in [0.25, 0.3) is 0 Å². The number of ketones is 1. The van der Waals surface area contributed by atoms with Gasteiger partial charge < -0.3 is 9.84 Å². The van der Waals surface area contributed by atoms with Gasteiger partial charge in [-0.1, -0.05) is 6.08 Å². The average Bonchev–Trinajstić information content (AvgIpc) is 2.14. The topological polar surface area (TPSA) is 63.6 Å². The SMILES string of the molecule is CC(C(=O)/C=C/CCO)C(=O)OC(C)(C)C. The Kier molecular flexibility index (Phi) is 5.96. The fourth-order valence-corrected chi connectivity index (χ4v) is 0.925. The Morgan fingerprint density at radius 2 is 1.94 bits per heavy atom. The Hall–Kier alpha value is -1.16. The lowest BCUT2D eigenvalue weighted by molar-refractivity contribution is -0.160. The number of ether oxygens (including phenoxy) is 1. The minimum atomic E-state index is -0.797. The van der Waals surface area contributed by atoms with Crippen molar-refractivity contribution in [3.8, 4) is 0 Å². The number of hydrogen-bond acceptors (Lipinski definition) is 4. The molecule has 16 heavy (non-hydrogen) atoms. The molecule has 0 spiro atoms. The molecule has 0 aliphatic carbocycles. The first-order valence-corrected chi connectivity index (χ1v) is 5.32. The maximum absolute atomic E-state index is 11.5. The van der Waals surface area contributed by atoms with Crippen molar-refractivity contribution in [2.75, 3.05) is 6.61 Å². The Morgan fingerprint density at radius 3 is 2.38 bits per heavy atom. The summed E-state index contributed by atoms with van der Waals surface area (Å²) in [5.74, 6) is -1.62. The molecule has 0 saturated heterocycles. The van der Waals surface area contributed by atoms with Crippen molar-refractivity contribution in [2.24, 2.45) is 5.92 Å². The highest BCUT2D eigenvalue weighted by molar-refractivity contribution is 6.04. The van der Waals surface area contributed by atoms with Gasteiger partial charge >= 0.3 is 5.97 Å². The summed E-state index contributed by atoms with van der Waals surface area (Å²) in [5, 5.41) is 8.53. The van der Waals surface area contributed by atoms with Crippen molar-refractivity contribution < 1.29 is 19.4 Å². The first-order chi connectivity index (χ1) is 7.28. The molecular weight excluding hydrogens is 208 g/mol. The van der Waals surface area contributed by atoms with Gasteiger partial charge in [0, 0.05) is 6.61 Å². The van der Waals surface area contributed by atoms with Gasteiger partial charge in [-0.2, -0.15) is 0 Å². The number of carbonyl (C=O) groups excluding carboxylic acids is 2. The van der Waals surface area contributed by atoms with Crippen LogP contribution in [0.4, 0.5) is 0 Å². The molecule has 0 saturated carbocycles. The second-order valence-corrected chi connectivity index (χ2v) is 4.57. The van der Waals surface area contributed by atoms with Gasteiger partial charge in [-0.25, -0.2) is 0 Å². The van der Waals surface area contributed by atoms with E-state index in [0.29, 0.717) is 6.42 Å². The van der Waals surface area contributed by atoms with Gasteiger partial charge in [0.05, 0.1) is 0 Å². The summed E-state index contributed by atoms with van der Waals surface area (Å²) in [6.07, 6.45) is 3.26. The van der Waals surface area contributed by atoms with E-state index in [1.54, 1.807) is 26.8 Å². The summed E-state index contributed by atoms with van der Waals surface area (Å²) in [5.41, 5.74) is -0.583. The van der Waals surface area contributed by atoms with Crippen molar-refractivity contribution in [1.82, 2.24) is 0 Å². The molecule has 0 bridgehead atoms. The number of aliphatic hydroxyl groups excluding tert-OH is 1. The molecule has 0 aromatic rings. The first kappa shape index (κ1) is 14.8. The first-order valence-electron chi connectivity index (χ1n) is 5.32. The van der Waals surface area contributed by atoms with Crippen molar-refractivity contribution in [2.45, 2.75) is 39.7 Å². The maximum atomic E-state index is 11.5. The van der Waals surface area contributed by atoms with E-state index in [4.69, 9.17) is 9.84 Å². The summed E-state index contributed by atoms with van der Waals surface area (Å²) in [6, 6.07) is 0. The number of esters is 1. The highest BCUT2D eigenvalue weighted by atomic mass is 16.6. The maximum Gasteiger partial charge on any atom is 0.317 e. The van der Waals surface area contributed by atoms with Gasteiger partial charge in [-0.3, -0.25) is 9.59 Å². The van der Waals surface area contributed by atoms with E-state index in [0.717, 1.165) is 0 Å². The lowest BCUT2D eigenvalue weighted by Crippen LogP contribution is -2.30. The Bertz CT molecular complexity index is 273. The Morgan fingerprint density at radius 1 is 1.38 bits per heavy atom. The van der Waals surface area contributed by atoms with Gasteiger partial charge in [0.2, 0.25) is 0 Å². The normalized spacial score (nSPS) is 13.8. The molecule has 4 nitrogen and oxygen atoms in total. The molecule has 0 aliphatic heterocycles. The zero-order chi connectivity index (χ0) is 12.8. The second-order valence-electron chi connectivity index (χ2n) is 4.57. The molecule has 0 aromatic carbocycles. The summed E-state index contributed by atoms with van der Waals surface area (Å²) < 4.78 is 5.08. The third-order valence-corrected chi connectivity index (χ3v) is 1.76. The summed E-state index contributed by atoms with van der Waals surface area (Å²) in [4.78, 5) is 23.0. The van der Waals surface area contributed by atoms with E-state index >= 15 is 0 Å². The quantitative estimate of drug-likeness (QED) is 0.439. The largest absolute Gasteiger partial charge is 0.459 e. The number of allylic oxidation sites excluding steroid dienone is 1. The minimum Gasteiger partial charge on any atom is -0.459 e. The lowest BCUT2D eigenvalue weighted by atomic mass is 10.1. The molecule has 0 radical (unpaired) electrons. The van der Waals surface area contributed by atoms with Gasteiger partial charge in [-0.15, -0.1) is 0 Å². The highest BCUT2D eigenvalue weighted by Crippen LogP contribution is 2.12. The van der Waals surface area contributed by atoms with E-state index in [9.17, 15) is 9.59 Å². The van der Waals surface area contributed by atoms with Gasteiger partial charge in [0.25, 0.3) is 0 Å². The fraction of sp³-hybridized carbons (Fsp3) is 0.667. The van der Waals surface area contributed by atoms with Crippen molar-refractivity contribution >= 4 is 11.8 Å². The summed E-state index contributed by atoms with van der Waals surface area (Å²) in [6.45, 7) is 6.77. The molecule has 1 unspecified atom stereocenters. The lowest BCUT2D eigenvalue weighted by Gasteiger charge is -2.21. The average molecular weight is 228 g/mol. The molecule has 0 fully saturated rings. The highest BCUT2D eigenvalue weighted by Gasteiger charge is 2.25. The smallest absolute Gasteiger partial charge is 0.317 e. The minimum absolute atomic E-state index is 0.00933. The fourth-order valence-electron chi connectivity index (χ4n) is 0.925. The molecule has 0 aliphatic rings. The molecule has 0 aromatic heterocycles. The molecule has 4 heteroatoms. The third kappa shape index (κ3) is 6.35. The van der Waals surface area contributed by atoms with E-state index in [1.165, 1.54) is 13.0 Å². The van der Waals surface area contributed by atoms with Crippen LogP contribution in [0.15, 0.2) is 12.2 Å². The zero-order valence-electron chi connectivity index (χ0n) is 10.3. The van der Waals surface area contributed by atoms with Crippen LogP contribution in [0.1, 0.15) is 34.1 Å². The van der Waals surface area contributed by atoms with Crippen LogP contribution in [0, 0.1) is 5.92 Å². The second kappa shape index (κ2) is 6.43. The zero-order valence-corrected chi connectivity index (χ0v) is 10.3. The predicted molar refractivity (Wildman–Crippen MR) is 60.9 cm³/mol. The number of carbonyl (C=O) groups is 2. The van der Waals surface area contributed by atoms with E-state index in [-0.39, 0.29) is 12.4 Å². The summed E-state index contributed by atoms with van der Waals surface area (Å²) in [7, 11) is 0. The Labute approximate surface area is 96.3 Å². The Balaban J connectivity index is 4.28. The molecule has 0 rings (SSSR count). The predicted octanol–water partition coefficient (Wildman–Crippen LogP) is 1.47. The number of rotatable bonds is 5. The van der Waals surface area contributed by atoms with Crippen molar-refractivity contribution in [3.63, 3.8) is 0 Å². The van der Waals surface area contributed by atoms with Gasteiger partial charge in [0.1, 0.15) is 11.5 Å². The molecule has 92 valence electrons. The van der Waals surface area contributed by atoms with Crippen LogP contribution in [-0.2, 0) is 14.3 Å². The molecule has 1 atom stereocenters. The molecular formula is C12H20O4. The standard InChI is InChI=1S/C12H20O4/c1-9(10(14)7-5-6-8-13)11(15)16-12(2,3)4/h5,7,9,13H,6,8H2,1-4H3/b7-5+. The van der Waals surface area contributed by atoms with Crippen molar-refractivity contribution in [3.05, 3.63) is 12.2 Å². The van der Waals surface area contributed by atoms with Gasteiger partial charge in [-0.05, 0) is 40.2 Å². The van der Waals surface area contributed by atoms with Crippen LogP contribution in [0.5, 0.6) is 0 Å².